The van der Waals surface area contributed by atoms with Crippen LogP contribution in [0.2, 0.25) is 0 Å². The summed E-state index contributed by atoms with van der Waals surface area (Å²) >= 11 is 1.46. The SMILES string of the molecule is CCC#Cc1nn(Cc2nc3scc(C)c3c(=O)n2-c2ccccc2C)c2ncnc(N)c12. The average molecular weight is 456 g/mol. The maximum absolute atomic E-state index is 13.7. The second-order valence-electron chi connectivity index (χ2n) is 7.67. The normalized spacial score (nSPS) is 11.1. The van der Waals surface area contributed by atoms with E-state index in [4.69, 9.17) is 10.7 Å². The molecule has 5 rings (SSSR count). The third-order valence-corrected chi connectivity index (χ3v) is 6.44. The van der Waals surface area contributed by atoms with Crippen LogP contribution >= 0.6 is 11.3 Å². The number of fused-ring (bicyclic) bond motifs is 2. The molecular weight excluding hydrogens is 434 g/mol. The molecule has 0 unspecified atom stereocenters. The second kappa shape index (κ2) is 8.15. The molecule has 0 aliphatic heterocycles. The Morgan fingerprint density at radius 2 is 1.94 bits per heavy atom. The molecule has 0 amide bonds. The van der Waals surface area contributed by atoms with Crippen molar-refractivity contribution in [2.45, 2.75) is 33.7 Å². The number of benzene rings is 1. The number of anilines is 1. The third kappa shape index (κ3) is 3.45. The van der Waals surface area contributed by atoms with E-state index in [2.05, 4.69) is 26.9 Å². The van der Waals surface area contributed by atoms with Crippen LogP contribution in [0.1, 0.15) is 36.0 Å². The van der Waals surface area contributed by atoms with Gasteiger partial charge in [0, 0.05) is 6.42 Å². The number of thiophene rings is 1. The average Bonchev–Trinajstić information content (AvgIpc) is 3.35. The largest absolute Gasteiger partial charge is 0.383 e. The minimum atomic E-state index is -0.0975. The van der Waals surface area contributed by atoms with E-state index >= 15 is 0 Å². The van der Waals surface area contributed by atoms with E-state index < -0.39 is 0 Å². The quantitative estimate of drug-likeness (QED) is 0.417. The first-order valence-corrected chi connectivity index (χ1v) is 11.4. The molecule has 0 saturated heterocycles. The Morgan fingerprint density at radius 3 is 2.73 bits per heavy atom. The van der Waals surface area contributed by atoms with Crippen molar-refractivity contribution in [2.75, 3.05) is 5.73 Å². The van der Waals surface area contributed by atoms with Gasteiger partial charge in [-0.3, -0.25) is 9.36 Å². The van der Waals surface area contributed by atoms with Gasteiger partial charge in [-0.05, 0) is 42.3 Å². The van der Waals surface area contributed by atoms with Crippen molar-refractivity contribution in [3.05, 3.63) is 69.0 Å². The van der Waals surface area contributed by atoms with Gasteiger partial charge in [0.05, 0.1) is 16.5 Å². The van der Waals surface area contributed by atoms with Crippen LogP contribution in [0.4, 0.5) is 5.82 Å². The van der Waals surface area contributed by atoms with Gasteiger partial charge in [0.2, 0.25) is 0 Å². The maximum atomic E-state index is 13.7. The number of aromatic nitrogens is 6. The zero-order valence-corrected chi connectivity index (χ0v) is 19.3. The number of rotatable bonds is 3. The zero-order chi connectivity index (χ0) is 23.1. The molecule has 4 aromatic heterocycles. The molecule has 0 aliphatic rings. The molecule has 0 radical (unpaired) electrons. The van der Waals surface area contributed by atoms with Crippen molar-refractivity contribution < 1.29 is 0 Å². The topological polar surface area (TPSA) is 105 Å². The number of nitrogens with zero attached hydrogens (tertiary/aromatic N) is 6. The van der Waals surface area contributed by atoms with Gasteiger partial charge in [0.25, 0.3) is 5.56 Å². The van der Waals surface area contributed by atoms with E-state index in [9.17, 15) is 4.79 Å². The Labute approximate surface area is 193 Å². The van der Waals surface area contributed by atoms with Crippen LogP contribution in [0, 0.1) is 25.7 Å². The molecule has 8 nitrogen and oxygen atoms in total. The Balaban J connectivity index is 1.78. The highest BCUT2D eigenvalue weighted by Gasteiger charge is 2.20. The van der Waals surface area contributed by atoms with E-state index in [1.165, 1.54) is 17.7 Å². The van der Waals surface area contributed by atoms with Crippen LogP contribution in [-0.2, 0) is 6.54 Å². The molecule has 1 aromatic carbocycles. The summed E-state index contributed by atoms with van der Waals surface area (Å²) in [7, 11) is 0. The highest BCUT2D eigenvalue weighted by atomic mass is 32.1. The van der Waals surface area contributed by atoms with Crippen molar-refractivity contribution >= 4 is 38.4 Å². The minimum absolute atomic E-state index is 0.0975. The molecule has 0 saturated carbocycles. The highest BCUT2D eigenvalue weighted by Crippen LogP contribution is 2.25. The lowest BCUT2D eigenvalue weighted by atomic mass is 10.2. The number of nitrogen functional groups attached to an aromatic ring is 1. The smallest absolute Gasteiger partial charge is 0.267 e. The summed E-state index contributed by atoms with van der Waals surface area (Å²) in [5.74, 6) is 6.97. The molecule has 33 heavy (non-hydrogen) atoms. The fourth-order valence-electron chi connectivity index (χ4n) is 3.87. The second-order valence-corrected chi connectivity index (χ2v) is 8.53. The van der Waals surface area contributed by atoms with E-state index in [0.29, 0.717) is 45.0 Å². The molecule has 164 valence electrons. The first-order chi connectivity index (χ1) is 16.0. The minimum Gasteiger partial charge on any atom is -0.383 e. The number of hydrogen-bond donors (Lipinski definition) is 1. The van der Waals surface area contributed by atoms with Crippen molar-refractivity contribution in [2.24, 2.45) is 0 Å². The summed E-state index contributed by atoms with van der Waals surface area (Å²) in [5.41, 5.74) is 9.79. The number of aryl methyl sites for hydroxylation is 2. The highest BCUT2D eigenvalue weighted by molar-refractivity contribution is 7.16. The van der Waals surface area contributed by atoms with Gasteiger partial charge in [-0.15, -0.1) is 11.3 Å². The van der Waals surface area contributed by atoms with Gasteiger partial charge < -0.3 is 5.73 Å². The van der Waals surface area contributed by atoms with Gasteiger partial charge >= 0.3 is 0 Å². The zero-order valence-electron chi connectivity index (χ0n) is 18.5. The maximum Gasteiger partial charge on any atom is 0.267 e. The van der Waals surface area contributed by atoms with Crippen molar-refractivity contribution in [3.8, 4) is 17.5 Å². The predicted octanol–water partition coefficient (Wildman–Crippen LogP) is 3.60. The van der Waals surface area contributed by atoms with Crippen molar-refractivity contribution in [1.82, 2.24) is 29.3 Å². The molecule has 2 N–H and O–H groups in total. The number of nitrogens with two attached hydrogens (primary N) is 1. The summed E-state index contributed by atoms with van der Waals surface area (Å²) in [6.45, 7) is 6.10. The lowest BCUT2D eigenvalue weighted by Crippen LogP contribution is -2.26. The molecule has 0 atom stereocenters. The monoisotopic (exact) mass is 455 g/mol. The molecule has 5 aromatic rings. The Kier molecular flexibility index (Phi) is 5.15. The fraction of sp³-hybridized carbons (Fsp3) is 0.208. The Morgan fingerprint density at radius 1 is 1.12 bits per heavy atom. The summed E-state index contributed by atoms with van der Waals surface area (Å²) in [6, 6.07) is 7.77. The molecule has 0 spiro atoms. The van der Waals surface area contributed by atoms with Crippen LogP contribution in [-0.4, -0.2) is 29.3 Å². The third-order valence-electron chi connectivity index (χ3n) is 5.45. The Hall–Kier alpha value is -4.03. The van der Waals surface area contributed by atoms with Crippen molar-refractivity contribution in [1.29, 1.82) is 0 Å². The molecular formula is C24H21N7OS. The molecule has 0 fully saturated rings. The van der Waals surface area contributed by atoms with E-state index in [1.807, 2.05) is 50.4 Å². The van der Waals surface area contributed by atoms with E-state index in [1.54, 1.807) is 9.25 Å². The number of hydrogen-bond acceptors (Lipinski definition) is 7. The molecule has 0 aliphatic carbocycles. The summed E-state index contributed by atoms with van der Waals surface area (Å²) in [6.07, 6.45) is 2.09. The standard InChI is InChI=1S/C24H21N7OS/c1-4-5-9-16-20-21(25)26-13-27-22(20)30(29-16)11-18-28-23-19(15(3)12-33-23)24(32)31(18)17-10-7-6-8-14(17)2/h6-8,10,12-13H,4,11H2,1-3H3,(H2,25,26,27). The predicted molar refractivity (Wildman–Crippen MR) is 131 cm³/mol. The lowest BCUT2D eigenvalue weighted by Gasteiger charge is -2.15. The first-order valence-electron chi connectivity index (χ1n) is 10.5. The van der Waals surface area contributed by atoms with Gasteiger partial charge in [-0.25, -0.2) is 19.6 Å². The van der Waals surface area contributed by atoms with E-state index in [-0.39, 0.29) is 12.1 Å². The molecule has 0 bridgehead atoms. The summed E-state index contributed by atoms with van der Waals surface area (Å²) < 4.78 is 3.36. The van der Waals surface area contributed by atoms with Crippen LogP contribution in [0.25, 0.3) is 26.9 Å². The van der Waals surface area contributed by atoms with E-state index in [0.717, 1.165) is 16.8 Å². The van der Waals surface area contributed by atoms with Crippen LogP contribution in [0.15, 0.2) is 40.8 Å². The van der Waals surface area contributed by atoms with Crippen LogP contribution < -0.4 is 11.3 Å². The van der Waals surface area contributed by atoms with Crippen LogP contribution in [0.5, 0.6) is 0 Å². The van der Waals surface area contributed by atoms with Crippen molar-refractivity contribution in [3.63, 3.8) is 0 Å². The Bertz CT molecular complexity index is 1650. The number of para-hydroxylation sites is 1. The van der Waals surface area contributed by atoms with Crippen LogP contribution in [0.3, 0.4) is 0 Å². The van der Waals surface area contributed by atoms with Gasteiger partial charge in [0.15, 0.2) is 5.65 Å². The molecule has 4 heterocycles. The van der Waals surface area contributed by atoms with Gasteiger partial charge in [-0.1, -0.05) is 31.0 Å². The van der Waals surface area contributed by atoms with Gasteiger partial charge in [-0.2, -0.15) is 5.10 Å². The lowest BCUT2D eigenvalue weighted by molar-refractivity contribution is 0.647. The van der Waals surface area contributed by atoms with Gasteiger partial charge in [0.1, 0.15) is 35.0 Å². The fourth-order valence-corrected chi connectivity index (χ4v) is 4.80. The first kappa shape index (κ1) is 20.8. The summed E-state index contributed by atoms with van der Waals surface area (Å²) in [4.78, 5) is 27.8. The summed E-state index contributed by atoms with van der Waals surface area (Å²) in [5, 5.41) is 7.87. The molecule has 9 heteroatoms.